The lowest BCUT2D eigenvalue weighted by atomic mass is 9.94. The average Bonchev–Trinajstić information content (AvgIpc) is 3.37. The molecule has 1 aliphatic heterocycles. The smallest absolute Gasteiger partial charge is 0.413 e. The van der Waals surface area contributed by atoms with Gasteiger partial charge in [-0.1, -0.05) is 48.5 Å². The number of carboxylic acid groups (broad SMARTS) is 1. The highest BCUT2D eigenvalue weighted by molar-refractivity contribution is 7.14. The second-order valence-corrected chi connectivity index (χ2v) is 8.84. The molecular weight excluding hydrogens is 446 g/mol. The Hall–Kier alpha value is -3.76. The molecule has 3 N–H and O–H groups in total. The van der Waals surface area contributed by atoms with Gasteiger partial charge in [-0.25, -0.2) is 14.6 Å². The molecule has 0 atom stereocenters. The van der Waals surface area contributed by atoms with Gasteiger partial charge in [0.15, 0.2) is 10.7 Å². The van der Waals surface area contributed by atoms with Gasteiger partial charge in [-0.05, 0) is 22.3 Å². The molecule has 2 aromatic carbocycles. The molecule has 1 aliphatic carbocycles. The van der Waals surface area contributed by atoms with E-state index in [9.17, 15) is 19.5 Å². The van der Waals surface area contributed by atoms with Crippen LogP contribution in [0.3, 0.4) is 0 Å². The molecule has 2 aliphatic rings. The molecule has 0 spiro atoms. The van der Waals surface area contributed by atoms with Gasteiger partial charge in [0.25, 0.3) is 5.91 Å². The third-order valence-corrected chi connectivity index (χ3v) is 6.62. The summed E-state index contributed by atoms with van der Waals surface area (Å²) in [6.07, 6.45) is -0.686. The molecule has 9 nitrogen and oxygen atoms in total. The van der Waals surface area contributed by atoms with Crippen LogP contribution in [0.25, 0.3) is 11.1 Å². The van der Waals surface area contributed by atoms with Crippen LogP contribution < -0.4 is 5.32 Å². The molecule has 3 aromatic rings. The number of nitrogens with zero attached hydrogens (tertiary/aromatic N) is 2. The number of benzene rings is 2. The summed E-state index contributed by atoms with van der Waals surface area (Å²) in [5.74, 6) is -1.96. The fourth-order valence-electron chi connectivity index (χ4n) is 4.18. The molecule has 0 radical (unpaired) electrons. The Morgan fingerprint density at radius 1 is 1.09 bits per heavy atom. The summed E-state index contributed by atoms with van der Waals surface area (Å²) in [7, 11) is 0. The number of rotatable bonds is 5. The Kier molecular flexibility index (Phi) is 5.10. The highest BCUT2D eigenvalue weighted by Crippen LogP contribution is 2.44. The highest BCUT2D eigenvalue weighted by atomic mass is 32.1. The lowest BCUT2D eigenvalue weighted by molar-refractivity contribution is -0.173. The van der Waals surface area contributed by atoms with E-state index in [0.717, 1.165) is 33.6 Å². The standard InChI is InChI=1S/C23H19N3O6S/c27-19(26-11-23(31,12-26)20(28)29)18-10-33-21(24-18)25-22(30)32-9-17-15-7-3-1-5-13(15)14-6-2-4-8-16(14)17/h1-8,10,17,31H,9,11-12H2,(H,28,29)(H,24,25,30). The average molecular weight is 465 g/mol. The molecule has 0 saturated carbocycles. The van der Waals surface area contributed by atoms with Crippen molar-refractivity contribution < 1.29 is 29.3 Å². The van der Waals surface area contributed by atoms with Crippen molar-refractivity contribution in [2.45, 2.75) is 11.5 Å². The number of hydrogen-bond donors (Lipinski definition) is 3. The van der Waals surface area contributed by atoms with E-state index in [-0.39, 0.29) is 36.4 Å². The van der Waals surface area contributed by atoms with Crippen LogP contribution in [0, 0.1) is 0 Å². The number of carboxylic acids is 1. The van der Waals surface area contributed by atoms with Crippen molar-refractivity contribution in [2.24, 2.45) is 0 Å². The zero-order valence-corrected chi connectivity index (χ0v) is 18.0. The molecular formula is C23H19N3O6S. The number of aliphatic carboxylic acids is 1. The van der Waals surface area contributed by atoms with E-state index >= 15 is 0 Å². The first-order valence-corrected chi connectivity index (χ1v) is 11.1. The monoisotopic (exact) mass is 465 g/mol. The summed E-state index contributed by atoms with van der Waals surface area (Å²) in [6, 6.07) is 16.0. The second kappa shape index (κ2) is 7.98. The Labute approximate surface area is 192 Å². The molecule has 2 amide bonds. The molecule has 5 rings (SSSR count). The molecule has 2 heterocycles. The fraction of sp³-hybridized carbons (Fsp3) is 0.217. The van der Waals surface area contributed by atoms with E-state index in [1.165, 1.54) is 10.3 Å². The van der Waals surface area contributed by atoms with Gasteiger partial charge in [-0.3, -0.25) is 10.1 Å². The number of fused-ring (bicyclic) bond motifs is 3. The van der Waals surface area contributed by atoms with Crippen LogP contribution in [0.15, 0.2) is 53.9 Å². The van der Waals surface area contributed by atoms with Crippen molar-refractivity contribution in [3.63, 3.8) is 0 Å². The SMILES string of the molecule is O=C(Nc1nc(C(=O)N2CC(O)(C(=O)O)C2)cs1)OCC1c2ccccc2-c2ccccc21. The minimum absolute atomic E-state index is 0.0568. The quantitative estimate of drug-likeness (QED) is 0.528. The second-order valence-electron chi connectivity index (χ2n) is 7.99. The molecule has 1 saturated heterocycles. The van der Waals surface area contributed by atoms with Crippen LogP contribution in [0.1, 0.15) is 27.5 Å². The number of nitrogens with one attached hydrogen (secondary N) is 1. The Morgan fingerprint density at radius 3 is 2.30 bits per heavy atom. The lowest BCUT2D eigenvalue weighted by Crippen LogP contribution is -2.67. The van der Waals surface area contributed by atoms with Gasteiger partial charge in [0.2, 0.25) is 0 Å². The Bertz CT molecular complexity index is 1220. The van der Waals surface area contributed by atoms with E-state index in [1.54, 1.807) is 0 Å². The number of thiazole rings is 1. The van der Waals surface area contributed by atoms with Crippen molar-refractivity contribution in [3.8, 4) is 11.1 Å². The molecule has 0 bridgehead atoms. The number of ether oxygens (including phenoxy) is 1. The molecule has 0 unspecified atom stereocenters. The van der Waals surface area contributed by atoms with Gasteiger partial charge in [-0.15, -0.1) is 11.3 Å². The number of aromatic nitrogens is 1. The highest BCUT2D eigenvalue weighted by Gasteiger charge is 2.50. The number of hydrogen-bond acceptors (Lipinski definition) is 7. The van der Waals surface area contributed by atoms with E-state index < -0.39 is 23.6 Å². The normalized spacial score (nSPS) is 15.8. The number of carbonyl (C=O) groups excluding carboxylic acids is 2. The predicted molar refractivity (Wildman–Crippen MR) is 119 cm³/mol. The third-order valence-electron chi connectivity index (χ3n) is 5.87. The third kappa shape index (κ3) is 3.73. The maximum Gasteiger partial charge on any atom is 0.413 e. The maximum atomic E-state index is 12.4. The topological polar surface area (TPSA) is 129 Å². The summed E-state index contributed by atoms with van der Waals surface area (Å²) in [6.45, 7) is -0.472. The number of amides is 2. The largest absolute Gasteiger partial charge is 0.479 e. The first kappa shape index (κ1) is 21.1. The molecule has 168 valence electrons. The number of aliphatic hydroxyl groups is 1. The van der Waals surface area contributed by atoms with Gasteiger partial charge in [0, 0.05) is 11.3 Å². The summed E-state index contributed by atoms with van der Waals surface area (Å²) < 4.78 is 5.47. The van der Waals surface area contributed by atoms with Crippen molar-refractivity contribution >= 4 is 34.4 Å². The number of likely N-dealkylation sites (tertiary alicyclic amines) is 1. The van der Waals surface area contributed by atoms with Gasteiger partial charge >= 0.3 is 12.1 Å². The summed E-state index contributed by atoms with van der Waals surface area (Å²) in [5, 5.41) is 22.9. The molecule has 1 aromatic heterocycles. The van der Waals surface area contributed by atoms with Crippen LogP contribution >= 0.6 is 11.3 Å². The van der Waals surface area contributed by atoms with Crippen LogP contribution in [-0.2, 0) is 9.53 Å². The minimum atomic E-state index is -1.92. The zero-order valence-electron chi connectivity index (χ0n) is 17.2. The summed E-state index contributed by atoms with van der Waals surface area (Å²) >= 11 is 1.05. The number of β-amino-alcohol motifs (C(OH)–C–C–N with tert-alkyl or cyclic N) is 1. The maximum absolute atomic E-state index is 12.4. The number of carbonyl (C=O) groups is 3. The van der Waals surface area contributed by atoms with Crippen LogP contribution in [-0.4, -0.2) is 63.4 Å². The van der Waals surface area contributed by atoms with Crippen LogP contribution in [0.4, 0.5) is 9.93 Å². The van der Waals surface area contributed by atoms with Crippen molar-refractivity contribution in [1.29, 1.82) is 0 Å². The van der Waals surface area contributed by atoms with E-state index in [0.29, 0.717) is 0 Å². The van der Waals surface area contributed by atoms with Gasteiger partial charge in [-0.2, -0.15) is 0 Å². The first-order chi connectivity index (χ1) is 15.9. The van der Waals surface area contributed by atoms with Crippen molar-refractivity contribution in [1.82, 2.24) is 9.88 Å². The number of anilines is 1. The minimum Gasteiger partial charge on any atom is -0.479 e. The fourth-order valence-corrected chi connectivity index (χ4v) is 4.85. The first-order valence-electron chi connectivity index (χ1n) is 10.2. The Morgan fingerprint density at radius 2 is 1.70 bits per heavy atom. The van der Waals surface area contributed by atoms with Gasteiger partial charge < -0.3 is 19.8 Å². The van der Waals surface area contributed by atoms with Crippen molar-refractivity contribution in [2.75, 3.05) is 25.0 Å². The Balaban J connectivity index is 1.20. The summed E-state index contributed by atoms with van der Waals surface area (Å²) in [4.78, 5) is 41.0. The predicted octanol–water partition coefficient (Wildman–Crippen LogP) is 2.78. The molecule has 33 heavy (non-hydrogen) atoms. The van der Waals surface area contributed by atoms with E-state index in [2.05, 4.69) is 22.4 Å². The van der Waals surface area contributed by atoms with Crippen molar-refractivity contribution in [3.05, 3.63) is 70.7 Å². The van der Waals surface area contributed by atoms with E-state index in [1.807, 2.05) is 36.4 Å². The lowest BCUT2D eigenvalue weighted by Gasteiger charge is -2.42. The van der Waals surface area contributed by atoms with E-state index in [4.69, 9.17) is 9.84 Å². The van der Waals surface area contributed by atoms with Gasteiger partial charge in [0.1, 0.15) is 12.3 Å². The molecule has 1 fully saturated rings. The van der Waals surface area contributed by atoms with Gasteiger partial charge in [0.05, 0.1) is 13.1 Å². The van der Waals surface area contributed by atoms with Crippen LogP contribution in [0.5, 0.6) is 0 Å². The zero-order chi connectivity index (χ0) is 23.2. The summed E-state index contributed by atoms with van der Waals surface area (Å²) in [5.41, 5.74) is 2.60. The van der Waals surface area contributed by atoms with Crippen LogP contribution in [0.2, 0.25) is 0 Å². The molecule has 10 heteroatoms.